The number of pyridine rings is 1. The summed E-state index contributed by atoms with van der Waals surface area (Å²) < 4.78 is 24.0. The van der Waals surface area contributed by atoms with E-state index in [1.165, 1.54) is 12.1 Å². The lowest BCUT2D eigenvalue weighted by Gasteiger charge is -2.36. The summed E-state index contributed by atoms with van der Waals surface area (Å²) in [6, 6.07) is 18.6. The minimum atomic E-state index is -0.202. The number of ether oxygens (including phenoxy) is 2. The summed E-state index contributed by atoms with van der Waals surface area (Å²) >= 11 is 0. The van der Waals surface area contributed by atoms with Gasteiger partial charge in [0.2, 0.25) is 0 Å². The molecule has 6 heteroatoms. The van der Waals surface area contributed by atoms with Crippen LogP contribution in [0.2, 0.25) is 0 Å². The molecule has 0 N–H and O–H groups in total. The first-order chi connectivity index (χ1) is 14.7. The Morgan fingerprint density at radius 3 is 2.17 bits per heavy atom. The molecule has 1 fully saturated rings. The Kier molecular flexibility index (Phi) is 6.14. The number of hydrogen-bond donors (Lipinski definition) is 0. The fourth-order valence-corrected chi connectivity index (χ4v) is 3.74. The van der Waals surface area contributed by atoms with Crippen molar-refractivity contribution in [3.63, 3.8) is 0 Å². The van der Waals surface area contributed by atoms with E-state index in [1.807, 2.05) is 48.5 Å². The molecule has 0 bridgehead atoms. The van der Waals surface area contributed by atoms with Gasteiger partial charge < -0.3 is 14.4 Å². The molecular weight excluding hydrogens is 381 g/mol. The number of nitrogens with zero attached hydrogens (tertiary/aromatic N) is 3. The maximum absolute atomic E-state index is 13.2. The molecule has 0 radical (unpaired) electrons. The maximum Gasteiger partial charge on any atom is 0.141 e. The first-order valence-electron chi connectivity index (χ1n) is 10.1. The Hall–Kier alpha value is -3.12. The zero-order valence-corrected chi connectivity index (χ0v) is 17.3. The molecule has 0 aliphatic carbocycles. The number of anilines is 1. The van der Waals surface area contributed by atoms with Gasteiger partial charge in [-0.25, -0.2) is 9.37 Å². The van der Waals surface area contributed by atoms with Crippen LogP contribution < -0.4 is 14.4 Å². The minimum Gasteiger partial charge on any atom is -0.497 e. The number of methoxy groups -OCH3 is 2. The minimum absolute atomic E-state index is 0.202. The van der Waals surface area contributed by atoms with E-state index in [2.05, 4.69) is 9.80 Å². The summed E-state index contributed by atoms with van der Waals surface area (Å²) in [7, 11) is 3.34. The highest BCUT2D eigenvalue weighted by Crippen LogP contribution is 2.26. The second-order valence-corrected chi connectivity index (χ2v) is 7.31. The van der Waals surface area contributed by atoms with Crippen LogP contribution in [0.25, 0.3) is 11.3 Å². The molecule has 0 amide bonds. The van der Waals surface area contributed by atoms with Gasteiger partial charge in [0.05, 0.1) is 25.6 Å². The molecule has 0 spiro atoms. The molecule has 1 aliphatic rings. The van der Waals surface area contributed by atoms with Crippen molar-refractivity contribution in [3.05, 3.63) is 72.2 Å². The third-order valence-corrected chi connectivity index (χ3v) is 5.48. The fourth-order valence-electron chi connectivity index (χ4n) is 3.74. The van der Waals surface area contributed by atoms with E-state index in [4.69, 9.17) is 14.5 Å². The lowest BCUT2D eigenvalue weighted by molar-refractivity contribution is 0.243. The molecule has 1 saturated heterocycles. The van der Waals surface area contributed by atoms with Crippen LogP contribution in [-0.4, -0.2) is 50.3 Å². The van der Waals surface area contributed by atoms with Crippen molar-refractivity contribution in [2.75, 3.05) is 45.3 Å². The zero-order chi connectivity index (χ0) is 20.9. The predicted octanol–water partition coefficient (Wildman–Crippen LogP) is 4.23. The summed E-state index contributed by atoms with van der Waals surface area (Å²) in [6.07, 6.45) is 0. The molecule has 156 valence electrons. The third kappa shape index (κ3) is 4.54. The van der Waals surface area contributed by atoms with Gasteiger partial charge in [-0.2, -0.15) is 0 Å². The lowest BCUT2D eigenvalue weighted by Crippen LogP contribution is -2.46. The van der Waals surface area contributed by atoms with Crippen LogP contribution in [0.15, 0.2) is 60.7 Å². The van der Waals surface area contributed by atoms with Crippen molar-refractivity contribution in [2.45, 2.75) is 6.54 Å². The van der Waals surface area contributed by atoms with Gasteiger partial charge in [0, 0.05) is 44.0 Å². The Balaban J connectivity index is 1.45. The molecule has 5 nitrogen and oxygen atoms in total. The van der Waals surface area contributed by atoms with Gasteiger partial charge in [-0.05, 0) is 60.7 Å². The van der Waals surface area contributed by atoms with Crippen molar-refractivity contribution in [2.24, 2.45) is 0 Å². The van der Waals surface area contributed by atoms with Crippen molar-refractivity contribution < 1.29 is 13.9 Å². The Morgan fingerprint density at radius 1 is 0.833 bits per heavy atom. The zero-order valence-electron chi connectivity index (χ0n) is 17.3. The molecule has 1 aliphatic heterocycles. The number of piperazine rings is 1. The van der Waals surface area contributed by atoms with Gasteiger partial charge in [-0.15, -0.1) is 0 Å². The summed E-state index contributed by atoms with van der Waals surface area (Å²) in [4.78, 5) is 9.55. The van der Waals surface area contributed by atoms with Crippen LogP contribution in [0.4, 0.5) is 10.1 Å². The number of hydrogen-bond acceptors (Lipinski definition) is 5. The van der Waals surface area contributed by atoms with E-state index < -0.39 is 0 Å². The predicted molar refractivity (Wildman–Crippen MR) is 117 cm³/mol. The SMILES string of the molecule is COc1ccc(-c2ccc(OC)c(CN3CCN(c4ccc(F)cc4)CC3)n2)cc1. The van der Waals surface area contributed by atoms with Crippen molar-refractivity contribution >= 4 is 5.69 Å². The number of aromatic nitrogens is 1. The quantitative estimate of drug-likeness (QED) is 0.611. The monoisotopic (exact) mass is 407 g/mol. The Labute approximate surface area is 176 Å². The highest BCUT2D eigenvalue weighted by Gasteiger charge is 2.19. The van der Waals surface area contributed by atoms with Gasteiger partial charge in [0.1, 0.15) is 17.3 Å². The molecule has 1 aromatic heterocycles. The van der Waals surface area contributed by atoms with E-state index in [-0.39, 0.29) is 5.82 Å². The summed E-state index contributed by atoms with van der Waals surface area (Å²) in [5.74, 6) is 1.42. The van der Waals surface area contributed by atoms with Crippen LogP contribution >= 0.6 is 0 Å². The molecule has 4 rings (SSSR count). The van der Waals surface area contributed by atoms with Crippen molar-refractivity contribution in [1.29, 1.82) is 0 Å². The average molecular weight is 407 g/mol. The molecule has 30 heavy (non-hydrogen) atoms. The van der Waals surface area contributed by atoms with E-state index in [1.54, 1.807) is 14.2 Å². The highest BCUT2D eigenvalue weighted by molar-refractivity contribution is 5.61. The molecule has 0 atom stereocenters. The largest absolute Gasteiger partial charge is 0.497 e. The summed E-state index contributed by atoms with van der Waals surface area (Å²) in [5.41, 5.74) is 3.95. The van der Waals surface area contributed by atoms with Gasteiger partial charge >= 0.3 is 0 Å². The van der Waals surface area contributed by atoms with Crippen LogP contribution in [0.5, 0.6) is 11.5 Å². The van der Waals surface area contributed by atoms with Crippen molar-refractivity contribution in [3.8, 4) is 22.8 Å². The smallest absolute Gasteiger partial charge is 0.141 e. The molecule has 0 saturated carbocycles. The van der Waals surface area contributed by atoms with Gasteiger partial charge in [-0.1, -0.05) is 0 Å². The Bertz CT molecular complexity index is 969. The maximum atomic E-state index is 13.2. The van der Waals surface area contributed by atoms with E-state index >= 15 is 0 Å². The van der Waals surface area contributed by atoms with Gasteiger partial charge in [-0.3, -0.25) is 4.90 Å². The third-order valence-electron chi connectivity index (χ3n) is 5.48. The number of halogens is 1. The molecular formula is C24H26FN3O2. The van der Waals surface area contributed by atoms with Gasteiger partial charge in [0.15, 0.2) is 0 Å². The normalized spacial score (nSPS) is 14.6. The standard InChI is InChI=1S/C24H26FN3O2/c1-29-21-9-3-18(4-10-21)22-11-12-24(30-2)23(26-22)17-27-13-15-28(16-14-27)20-7-5-19(25)6-8-20/h3-12H,13-17H2,1-2H3. The highest BCUT2D eigenvalue weighted by atomic mass is 19.1. The van der Waals surface area contributed by atoms with Crippen LogP contribution in [-0.2, 0) is 6.54 Å². The van der Waals surface area contributed by atoms with Crippen LogP contribution in [0.1, 0.15) is 5.69 Å². The number of benzene rings is 2. The van der Waals surface area contributed by atoms with E-state index in [0.29, 0.717) is 0 Å². The van der Waals surface area contributed by atoms with Crippen LogP contribution in [0, 0.1) is 5.82 Å². The fraction of sp³-hybridized carbons (Fsp3) is 0.292. The van der Waals surface area contributed by atoms with Crippen molar-refractivity contribution in [1.82, 2.24) is 9.88 Å². The topological polar surface area (TPSA) is 37.8 Å². The van der Waals surface area contributed by atoms with Gasteiger partial charge in [0.25, 0.3) is 0 Å². The Morgan fingerprint density at radius 2 is 1.53 bits per heavy atom. The lowest BCUT2D eigenvalue weighted by atomic mass is 10.1. The molecule has 0 unspecified atom stereocenters. The summed E-state index contributed by atoms with van der Waals surface area (Å²) in [5, 5.41) is 0. The summed E-state index contributed by atoms with van der Waals surface area (Å²) in [6.45, 7) is 4.34. The molecule has 2 heterocycles. The second kappa shape index (κ2) is 9.13. The first kappa shape index (κ1) is 20.2. The number of rotatable bonds is 6. The molecule has 3 aromatic rings. The van der Waals surface area contributed by atoms with E-state index in [9.17, 15) is 4.39 Å². The first-order valence-corrected chi connectivity index (χ1v) is 10.1. The van der Waals surface area contributed by atoms with Crippen LogP contribution in [0.3, 0.4) is 0 Å². The second-order valence-electron chi connectivity index (χ2n) is 7.31. The molecule has 2 aromatic carbocycles. The van der Waals surface area contributed by atoms with E-state index in [0.717, 1.165) is 66.9 Å². The average Bonchev–Trinajstić information content (AvgIpc) is 2.80.